The van der Waals surface area contributed by atoms with Crippen LogP contribution in [0.1, 0.15) is 47.2 Å². The maximum Gasteiger partial charge on any atom is 0.273 e. The van der Waals surface area contributed by atoms with Crippen LogP contribution in [-0.4, -0.2) is 43.6 Å². The van der Waals surface area contributed by atoms with Gasteiger partial charge in [-0.25, -0.2) is 0 Å². The summed E-state index contributed by atoms with van der Waals surface area (Å²) in [5, 5.41) is 6.58. The zero-order valence-electron chi connectivity index (χ0n) is 12.9. The smallest absolute Gasteiger partial charge is 0.273 e. The monoisotopic (exact) mass is 313 g/mol. The van der Waals surface area contributed by atoms with Crippen LogP contribution in [0.5, 0.6) is 0 Å². The van der Waals surface area contributed by atoms with Crippen LogP contribution in [0.25, 0.3) is 0 Å². The van der Waals surface area contributed by atoms with Crippen molar-refractivity contribution in [3.8, 4) is 0 Å². The minimum atomic E-state index is -0.162. The molecular formula is C16H19N5O2. The van der Waals surface area contributed by atoms with Crippen LogP contribution >= 0.6 is 0 Å². The molecule has 1 saturated heterocycles. The van der Waals surface area contributed by atoms with Crippen molar-refractivity contribution in [2.45, 2.75) is 38.1 Å². The number of nitrogens with zero attached hydrogens (tertiary/aromatic N) is 4. The fourth-order valence-corrected chi connectivity index (χ4v) is 3.70. The molecular weight excluding hydrogens is 294 g/mol. The van der Waals surface area contributed by atoms with Crippen molar-refractivity contribution in [2.24, 2.45) is 0 Å². The van der Waals surface area contributed by atoms with Crippen molar-refractivity contribution in [3.05, 3.63) is 45.9 Å². The Morgan fingerprint density at radius 1 is 1.30 bits per heavy atom. The number of amides is 1. The predicted molar refractivity (Wildman–Crippen MR) is 83.3 cm³/mol. The van der Waals surface area contributed by atoms with Crippen LogP contribution in [0.3, 0.4) is 0 Å². The summed E-state index contributed by atoms with van der Waals surface area (Å²) in [7, 11) is 0. The molecule has 0 radical (unpaired) electrons. The summed E-state index contributed by atoms with van der Waals surface area (Å²) in [4.78, 5) is 30.4. The van der Waals surface area contributed by atoms with E-state index >= 15 is 0 Å². The Morgan fingerprint density at radius 2 is 2.22 bits per heavy atom. The van der Waals surface area contributed by atoms with E-state index in [0.717, 1.165) is 50.3 Å². The van der Waals surface area contributed by atoms with Gasteiger partial charge in [0.2, 0.25) is 0 Å². The van der Waals surface area contributed by atoms with E-state index in [1.54, 1.807) is 18.3 Å². The quantitative estimate of drug-likeness (QED) is 0.894. The number of likely N-dealkylation sites (tertiary alicyclic amines) is 1. The lowest BCUT2D eigenvalue weighted by Crippen LogP contribution is -2.40. The Bertz CT molecular complexity index is 780. The molecule has 0 bridgehead atoms. The second kappa shape index (κ2) is 5.64. The van der Waals surface area contributed by atoms with Gasteiger partial charge in [0, 0.05) is 49.9 Å². The fourth-order valence-electron chi connectivity index (χ4n) is 3.70. The Kier molecular flexibility index (Phi) is 3.48. The van der Waals surface area contributed by atoms with E-state index < -0.39 is 0 Å². The highest BCUT2D eigenvalue weighted by molar-refractivity contribution is 5.92. The number of aryl methyl sites for hydroxylation is 1. The molecule has 7 heteroatoms. The highest BCUT2D eigenvalue weighted by Crippen LogP contribution is 2.29. The molecule has 1 fully saturated rings. The van der Waals surface area contributed by atoms with Gasteiger partial charge in [-0.1, -0.05) is 0 Å². The van der Waals surface area contributed by atoms with Gasteiger partial charge in [-0.2, -0.15) is 10.1 Å². The van der Waals surface area contributed by atoms with Crippen LogP contribution in [-0.2, 0) is 13.0 Å². The molecule has 1 atom stereocenters. The lowest BCUT2D eigenvalue weighted by Gasteiger charge is -2.33. The Hall–Kier alpha value is -2.44. The normalized spacial score (nSPS) is 20.5. The number of piperidine rings is 1. The molecule has 2 aliphatic rings. The van der Waals surface area contributed by atoms with Gasteiger partial charge in [-0.15, -0.1) is 0 Å². The number of aromatic nitrogens is 4. The number of hydrogen-bond acceptors (Lipinski definition) is 4. The van der Waals surface area contributed by atoms with Crippen LogP contribution in [0.4, 0.5) is 0 Å². The molecule has 7 nitrogen and oxygen atoms in total. The molecule has 0 aliphatic carbocycles. The standard InChI is InChI=1S/C16H19N5O2/c22-15-9-13(21-8-2-4-14(21)18-15)11-3-1-7-20(10-11)16(23)12-5-6-17-19-12/h5-6,9,11H,1-4,7-8,10H2,(H,17,19)/t11-/m1/s1. The Balaban J connectivity index is 1.61. The van der Waals surface area contributed by atoms with E-state index in [9.17, 15) is 9.59 Å². The summed E-state index contributed by atoms with van der Waals surface area (Å²) in [6.45, 7) is 2.31. The minimum Gasteiger partial charge on any atom is -0.337 e. The van der Waals surface area contributed by atoms with Crippen molar-refractivity contribution in [1.82, 2.24) is 24.6 Å². The first-order valence-electron chi connectivity index (χ1n) is 8.11. The van der Waals surface area contributed by atoms with Gasteiger partial charge in [0.1, 0.15) is 11.5 Å². The van der Waals surface area contributed by atoms with E-state index in [1.807, 2.05) is 4.90 Å². The summed E-state index contributed by atoms with van der Waals surface area (Å²) in [5.41, 5.74) is 1.40. The van der Waals surface area contributed by atoms with Gasteiger partial charge >= 0.3 is 0 Å². The molecule has 23 heavy (non-hydrogen) atoms. The number of carbonyl (C=O) groups excluding carboxylic acids is 1. The summed E-state index contributed by atoms with van der Waals surface area (Å²) in [6.07, 6.45) is 5.43. The second-order valence-corrected chi connectivity index (χ2v) is 6.25. The minimum absolute atomic E-state index is 0.0229. The summed E-state index contributed by atoms with van der Waals surface area (Å²) in [6, 6.07) is 3.35. The molecule has 2 aliphatic heterocycles. The van der Waals surface area contributed by atoms with E-state index in [-0.39, 0.29) is 17.4 Å². The highest BCUT2D eigenvalue weighted by Gasteiger charge is 2.29. The topological polar surface area (TPSA) is 83.9 Å². The number of hydrogen-bond donors (Lipinski definition) is 1. The molecule has 4 rings (SSSR count). The summed E-state index contributed by atoms with van der Waals surface area (Å²) >= 11 is 0. The van der Waals surface area contributed by atoms with E-state index in [4.69, 9.17) is 0 Å². The molecule has 2 aromatic heterocycles. The van der Waals surface area contributed by atoms with Crippen molar-refractivity contribution < 1.29 is 4.79 Å². The van der Waals surface area contributed by atoms with Crippen LogP contribution < -0.4 is 5.56 Å². The van der Waals surface area contributed by atoms with E-state index in [0.29, 0.717) is 12.2 Å². The molecule has 1 amide bonds. The molecule has 0 saturated carbocycles. The number of rotatable bonds is 2. The predicted octanol–water partition coefficient (Wildman–Crippen LogP) is 0.932. The van der Waals surface area contributed by atoms with Crippen molar-refractivity contribution in [1.29, 1.82) is 0 Å². The first-order chi connectivity index (χ1) is 11.2. The highest BCUT2D eigenvalue weighted by atomic mass is 16.2. The lowest BCUT2D eigenvalue weighted by atomic mass is 9.94. The third-order valence-corrected chi connectivity index (χ3v) is 4.77. The largest absolute Gasteiger partial charge is 0.337 e. The Morgan fingerprint density at radius 3 is 3.04 bits per heavy atom. The van der Waals surface area contributed by atoms with Gasteiger partial charge in [0.15, 0.2) is 0 Å². The van der Waals surface area contributed by atoms with Gasteiger partial charge in [-0.05, 0) is 25.3 Å². The zero-order valence-corrected chi connectivity index (χ0v) is 12.9. The molecule has 2 aromatic rings. The number of aromatic amines is 1. The average molecular weight is 313 g/mol. The van der Waals surface area contributed by atoms with Crippen LogP contribution in [0.15, 0.2) is 23.1 Å². The molecule has 0 spiro atoms. The third-order valence-electron chi connectivity index (χ3n) is 4.77. The van der Waals surface area contributed by atoms with Crippen molar-refractivity contribution in [2.75, 3.05) is 13.1 Å². The average Bonchev–Trinajstić information content (AvgIpc) is 3.24. The van der Waals surface area contributed by atoms with E-state index in [2.05, 4.69) is 19.7 Å². The first kappa shape index (κ1) is 14.2. The molecule has 120 valence electrons. The maximum atomic E-state index is 12.5. The number of carbonyl (C=O) groups is 1. The number of fused-ring (bicyclic) bond motifs is 1. The lowest BCUT2D eigenvalue weighted by molar-refractivity contribution is 0.0698. The third kappa shape index (κ3) is 2.56. The zero-order chi connectivity index (χ0) is 15.8. The fraction of sp³-hybridized carbons (Fsp3) is 0.500. The van der Waals surface area contributed by atoms with Crippen LogP contribution in [0, 0.1) is 0 Å². The van der Waals surface area contributed by atoms with Crippen molar-refractivity contribution >= 4 is 5.91 Å². The van der Waals surface area contributed by atoms with E-state index in [1.165, 1.54) is 0 Å². The SMILES string of the molecule is O=C(c1ccn[nH]1)N1CCC[C@@H](c2cc(=O)nc3n2CCC3)C1. The van der Waals surface area contributed by atoms with Gasteiger partial charge in [-0.3, -0.25) is 14.7 Å². The second-order valence-electron chi connectivity index (χ2n) is 6.25. The molecule has 4 heterocycles. The van der Waals surface area contributed by atoms with Crippen LogP contribution in [0.2, 0.25) is 0 Å². The van der Waals surface area contributed by atoms with Gasteiger partial charge in [0.25, 0.3) is 11.5 Å². The molecule has 0 aromatic carbocycles. The van der Waals surface area contributed by atoms with Gasteiger partial charge in [0.05, 0.1) is 0 Å². The summed E-state index contributed by atoms with van der Waals surface area (Å²) in [5.74, 6) is 1.07. The molecule has 1 N–H and O–H groups in total. The van der Waals surface area contributed by atoms with Crippen molar-refractivity contribution in [3.63, 3.8) is 0 Å². The van der Waals surface area contributed by atoms with Gasteiger partial charge < -0.3 is 9.47 Å². The molecule has 0 unspecified atom stereocenters. The Labute approximate surface area is 133 Å². The number of nitrogens with one attached hydrogen (secondary N) is 1. The first-order valence-corrected chi connectivity index (χ1v) is 8.11. The summed E-state index contributed by atoms with van der Waals surface area (Å²) < 4.78 is 2.18. The number of H-pyrrole nitrogens is 1. The maximum absolute atomic E-state index is 12.5.